The van der Waals surface area contributed by atoms with Gasteiger partial charge in [-0.25, -0.2) is 0 Å². The maximum atomic E-state index is 5.41. The molecule has 0 aliphatic heterocycles. The molecule has 0 bridgehead atoms. The molecule has 0 saturated heterocycles. The van der Waals surface area contributed by atoms with Crippen molar-refractivity contribution in [2.24, 2.45) is 0 Å². The van der Waals surface area contributed by atoms with Gasteiger partial charge in [0, 0.05) is 30.7 Å². The Morgan fingerprint density at radius 2 is 2.05 bits per heavy atom. The zero-order chi connectivity index (χ0) is 13.8. The molecule has 1 saturated carbocycles. The monoisotopic (exact) mass is 272 g/mol. The van der Waals surface area contributed by atoms with Crippen LogP contribution < -0.4 is 10.1 Å². The number of hydrogen-bond acceptors (Lipinski definition) is 2. The van der Waals surface area contributed by atoms with Gasteiger partial charge in [0.1, 0.15) is 5.75 Å². The van der Waals surface area contributed by atoms with E-state index in [2.05, 4.69) is 34.3 Å². The predicted octanol–water partition coefficient (Wildman–Crippen LogP) is 3.57. The average molecular weight is 272 g/mol. The van der Waals surface area contributed by atoms with E-state index in [1.54, 1.807) is 7.11 Å². The van der Waals surface area contributed by atoms with Crippen molar-refractivity contribution in [3.05, 3.63) is 30.5 Å². The summed E-state index contributed by atoms with van der Waals surface area (Å²) < 4.78 is 7.72. The Bertz CT molecular complexity index is 555. The molecule has 0 atom stereocenters. The minimum absolute atomic E-state index is 0.736. The zero-order valence-electron chi connectivity index (χ0n) is 12.3. The van der Waals surface area contributed by atoms with Gasteiger partial charge < -0.3 is 14.6 Å². The molecule has 0 spiro atoms. The summed E-state index contributed by atoms with van der Waals surface area (Å²) in [4.78, 5) is 0. The lowest BCUT2D eigenvalue weighted by molar-refractivity contribution is 0.369. The summed E-state index contributed by atoms with van der Waals surface area (Å²) in [5.41, 5.74) is 1.26. The molecule has 20 heavy (non-hydrogen) atoms. The fourth-order valence-electron chi connectivity index (χ4n) is 3.26. The molecule has 0 radical (unpaired) electrons. The summed E-state index contributed by atoms with van der Waals surface area (Å²) in [6, 6.07) is 9.13. The van der Waals surface area contributed by atoms with Crippen molar-refractivity contribution in [3.63, 3.8) is 0 Å². The van der Waals surface area contributed by atoms with Gasteiger partial charge in [-0.15, -0.1) is 0 Å². The third-order valence-corrected chi connectivity index (χ3v) is 4.38. The number of aromatic nitrogens is 1. The van der Waals surface area contributed by atoms with E-state index in [9.17, 15) is 0 Å². The summed E-state index contributed by atoms with van der Waals surface area (Å²) in [6.45, 7) is 2.07. The van der Waals surface area contributed by atoms with Crippen LogP contribution in [0.15, 0.2) is 30.5 Å². The van der Waals surface area contributed by atoms with E-state index in [0.29, 0.717) is 0 Å². The van der Waals surface area contributed by atoms with Crippen LogP contribution in [-0.4, -0.2) is 24.3 Å². The molecule has 1 aliphatic rings. The number of methoxy groups -OCH3 is 1. The van der Waals surface area contributed by atoms with Crippen molar-refractivity contribution in [1.82, 2.24) is 9.88 Å². The Labute approximate surface area is 120 Å². The summed E-state index contributed by atoms with van der Waals surface area (Å²) in [5, 5.41) is 4.90. The van der Waals surface area contributed by atoms with E-state index < -0.39 is 0 Å². The Morgan fingerprint density at radius 1 is 1.20 bits per heavy atom. The Hall–Kier alpha value is -1.48. The maximum Gasteiger partial charge on any atom is 0.128 e. The summed E-state index contributed by atoms with van der Waals surface area (Å²) in [6.07, 6.45) is 9.05. The fourth-order valence-corrected chi connectivity index (χ4v) is 3.26. The molecule has 1 aromatic carbocycles. The molecule has 0 unspecified atom stereocenters. The standard InChI is InChI=1S/C17H24N2O/c1-20-17-9-5-8-16-15(17)10-12-19(16)13-11-18-14-6-3-2-4-7-14/h5,8-10,12,14,18H,2-4,6-7,11,13H2,1H3. The van der Waals surface area contributed by atoms with Crippen LogP contribution in [0.1, 0.15) is 32.1 Å². The van der Waals surface area contributed by atoms with Crippen molar-refractivity contribution in [1.29, 1.82) is 0 Å². The van der Waals surface area contributed by atoms with Crippen LogP contribution in [0.25, 0.3) is 10.9 Å². The van der Waals surface area contributed by atoms with Crippen molar-refractivity contribution in [2.75, 3.05) is 13.7 Å². The first-order chi connectivity index (χ1) is 9.88. The highest BCUT2D eigenvalue weighted by Crippen LogP contribution is 2.26. The normalized spacial score (nSPS) is 16.6. The van der Waals surface area contributed by atoms with E-state index in [1.807, 2.05) is 6.07 Å². The molecule has 3 nitrogen and oxygen atoms in total. The predicted molar refractivity (Wildman–Crippen MR) is 83.4 cm³/mol. The number of rotatable bonds is 5. The number of fused-ring (bicyclic) bond motifs is 1. The summed E-state index contributed by atoms with van der Waals surface area (Å²) >= 11 is 0. The second kappa shape index (κ2) is 6.31. The first-order valence-corrected chi connectivity index (χ1v) is 7.74. The van der Waals surface area contributed by atoms with Gasteiger partial charge in [0.05, 0.1) is 12.6 Å². The van der Waals surface area contributed by atoms with Crippen molar-refractivity contribution < 1.29 is 4.74 Å². The zero-order valence-corrected chi connectivity index (χ0v) is 12.3. The molecule has 0 amide bonds. The molecule has 108 valence electrons. The van der Waals surface area contributed by atoms with Crippen LogP contribution in [0.3, 0.4) is 0 Å². The molecule has 3 heteroatoms. The van der Waals surface area contributed by atoms with E-state index in [1.165, 1.54) is 43.0 Å². The number of hydrogen-bond donors (Lipinski definition) is 1. The number of nitrogens with zero attached hydrogens (tertiary/aromatic N) is 1. The molecule has 1 N–H and O–H groups in total. The van der Waals surface area contributed by atoms with Gasteiger partial charge in [-0.05, 0) is 31.0 Å². The third kappa shape index (κ3) is 2.83. The van der Waals surface area contributed by atoms with Crippen molar-refractivity contribution >= 4 is 10.9 Å². The van der Waals surface area contributed by atoms with E-state index in [0.717, 1.165) is 24.9 Å². The highest BCUT2D eigenvalue weighted by Gasteiger charge is 2.12. The number of benzene rings is 1. The first-order valence-electron chi connectivity index (χ1n) is 7.74. The molecular formula is C17H24N2O. The van der Waals surface area contributed by atoms with Crippen LogP contribution in [0, 0.1) is 0 Å². The van der Waals surface area contributed by atoms with Gasteiger partial charge in [-0.1, -0.05) is 25.3 Å². The largest absolute Gasteiger partial charge is 0.496 e. The van der Waals surface area contributed by atoms with Gasteiger partial charge in [0.2, 0.25) is 0 Å². The highest BCUT2D eigenvalue weighted by molar-refractivity contribution is 5.86. The van der Waals surface area contributed by atoms with Crippen molar-refractivity contribution in [2.45, 2.75) is 44.7 Å². The summed E-state index contributed by atoms with van der Waals surface area (Å²) in [5.74, 6) is 0.960. The second-order valence-corrected chi connectivity index (χ2v) is 5.69. The van der Waals surface area contributed by atoms with E-state index in [4.69, 9.17) is 4.74 Å². The third-order valence-electron chi connectivity index (χ3n) is 4.38. The molecule has 3 rings (SSSR count). The quantitative estimate of drug-likeness (QED) is 0.900. The second-order valence-electron chi connectivity index (χ2n) is 5.69. The van der Waals surface area contributed by atoms with Crippen LogP contribution in [0.2, 0.25) is 0 Å². The molecule has 2 aromatic rings. The van der Waals surface area contributed by atoms with Crippen LogP contribution in [0.4, 0.5) is 0 Å². The minimum atomic E-state index is 0.736. The van der Waals surface area contributed by atoms with E-state index >= 15 is 0 Å². The van der Waals surface area contributed by atoms with Gasteiger partial charge in [0.15, 0.2) is 0 Å². The average Bonchev–Trinajstić information content (AvgIpc) is 2.92. The highest BCUT2D eigenvalue weighted by atomic mass is 16.5. The number of nitrogens with one attached hydrogen (secondary N) is 1. The topological polar surface area (TPSA) is 26.2 Å². The molecule has 1 fully saturated rings. The van der Waals surface area contributed by atoms with Gasteiger partial charge in [0.25, 0.3) is 0 Å². The Kier molecular flexibility index (Phi) is 4.26. The molecule has 1 aromatic heterocycles. The fraction of sp³-hybridized carbons (Fsp3) is 0.529. The van der Waals surface area contributed by atoms with Crippen molar-refractivity contribution in [3.8, 4) is 5.75 Å². The van der Waals surface area contributed by atoms with Crippen LogP contribution in [0.5, 0.6) is 5.75 Å². The molecule has 1 aliphatic carbocycles. The number of ether oxygens (including phenoxy) is 1. The molecular weight excluding hydrogens is 248 g/mol. The lowest BCUT2D eigenvalue weighted by atomic mass is 9.95. The van der Waals surface area contributed by atoms with Gasteiger partial charge in [-0.2, -0.15) is 0 Å². The maximum absolute atomic E-state index is 5.41. The van der Waals surface area contributed by atoms with Gasteiger partial charge in [-0.3, -0.25) is 0 Å². The Morgan fingerprint density at radius 3 is 2.85 bits per heavy atom. The van der Waals surface area contributed by atoms with Crippen LogP contribution >= 0.6 is 0 Å². The lowest BCUT2D eigenvalue weighted by Gasteiger charge is -2.23. The Balaban J connectivity index is 1.62. The molecule has 1 heterocycles. The summed E-state index contributed by atoms with van der Waals surface area (Å²) in [7, 11) is 1.73. The van der Waals surface area contributed by atoms with Gasteiger partial charge >= 0.3 is 0 Å². The minimum Gasteiger partial charge on any atom is -0.496 e. The first kappa shape index (κ1) is 13.5. The van der Waals surface area contributed by atoms with E-state index in [-0.39, 0.29) is 0 Å². The lowest BCUT2D eigenvalue weighted by Crippen LogP contribution is -2.33. The smallest absolute Gasteiger partial charge is 0.128 e. The SMILES string of the molecule is COc1cccc2c1ccn2CCNC1CCCCC1. The van der Waals surface area contributed by atoms with Crippen LogP contribution in [-0.2, 0) is 6.54 Å².